The van der Waals surface area contributed by atoms with Gasteiger partial charge >= 0.3 is 0 Å². The van der Waals surface area contributed by atoms with E-state index in [0.717, 1.165) is 6.07 Å². The Morgan fingerprint density at radius 2 is 2.05 bits per heavy atom. The topological polar surface area (TPSA) is 101 Å². The Morgan fingerprint density at radius 3 is 2.64 bits per heavy atom. The molecule has 0 radical (unpaired) electrons. The number of benzene rings is 1. The standard InChI is InChI=1S/C14H16FN3O4/c1-8-2-3-9(6-11(8)15)13(19)16-4-5-17-14(20)10-7-12(10)18(21)22/h2-3,6,10,12H,4-5,7H2,1H3,(H,16,19)(H,17,20). The van der Waals surface area contributed by atoms with Crippen molar-refractivity contribution in [1.82, 2.24) is 10.6 Å². The lowest BCUT2D eigenvalue weighted by Gasteiger charge is -2.07. The van der Waals surface area contributed by atoms with Gasteiger partial charge in [-0.05, 0) is 24.6 Å². The molecule has 2 rings (SSSR count). The molecule has 0 heterocycles. The lowest BCUT2D eigenvalue weighted by molar-refractivity contribution is -0.497. The summed E-state index contributed by atoms with van der Waals surface area (Å²) in [6, 6.07) is 3.38. The zero-order valence-electron chi connectivity index (χ0n) is 12.0. The average Bonchev–Trinajstić information content (AvgIpc) is 3.26. The molecule has 2 unspecified atom stereocenters. The molecule has 1 saturated carbocycles. The number of nitrogens with zero attached hydrogens (tertiary/aromatic N) is 1. The predicted octanol–water partition coefficient (Wildman–Crippen LogP) is 0.645. The van der Waals surface area contributed by atoms with E-state index in [-0.39, 0.29) is 31.0 Å². The number of amides is 2. The van der Waals surface area contributed by atoms with Crippen LogP contribution < -0.4 is 10.6 Å². The van der Waals surface area contributed by atoms with Gasteiger partial charge in [0.15, 0.2) is 0 Å². The number of carbonyl (C=O) groups excluding carboxylic acids is 2. The molecule has 8 heteroatoms. The van der Waals surface area contributed by atoms with Gasteiger partial charge in [0.1, 0.15) is 11.7 Å². The van der Waals surface area contributed by atoms with E-state index in [0.29, 0.717) is 5.56 Å². The van der Waals surface area contributed by atoms with E-state index in [1.807, 2.05) is 0 Å². The van der Waals surface area contributed by atoms with Crippen LogP contribution in [-0.2, 0) is 4.79 Å². The van der Waals surface area contributed by atoms with Gasteiger partial charge in [0.2, 0.25) is 11.9 Å². The zero-order valence-corrected chi connectivity index (χ0v) is 12.0. The molecule has 2 N–H and O–H groups in total. The summed E-state index contributed by atoms with van der Waals surface area (Å²) in [6.07, 6.45) is 0.258. The van der Waals surface area contributed by atoms with Crippen molar-refractivity contribution in [2.75, 3.05) is 13.1 Å². The molecule has 0 saturated heterocycles. The fourth-order valence-electron chi connectivity index (χ4n) is 2.03. The number of nitro groups is 1. The van der Waals surface area contributed by atoms with Crippen LogP contribution in [-0.4, -0.2) is 35.9 Å². The number of halogens is 1. The lowest BCUT2D eigenvalue weighted by atomic mass is 10.1. The van der Waals surface area contributed by atoms with Gasteiger partial charge in [0.25, 0.3) is 5.91 Å². The molecule has 0 aliphatic heterocycles. The maximum Gasteiger partial charge on any atom is 0.251 e. The molecular weight excluding hydrogens is 293 g/mol. The number of rotatable bonds is 6. The van der Waals surface area contributed by atoms with Crippen molar-refractivity contribution in [2.45, 2.75) is 19.4 Å². The van der Waals surface area contributed by atoms with E-state index in [9.17, 15) is 24.1 Å². The first-order valence-corrected chi connectivity index (χ1v) is 6.85. The highest BCUT2D eigenvalue weighted by molar-refractivity contribution is 5.94. The second-order valence-electron chi connectivity index (χ2n) is 5.21. The van der Waals surface area contributed by atoms with Crippen LogP contribution in [0.3, 0.4) is 0 Å². The summed E-state index contributed by atoms with van der Waals surface area (Å²) < 4.78 is 13.3. The molecule has 1 aliphatic rings. The summed E-state index contributed by atoms with van der Waals surface area (Å²) in [7, 11) is 0. The van der Waals surface area contributed by atoms with E-state index < -0.39 is 28.6 Å². The maximum atomic E-state index is 13.3. The molecule has 2 amide bonds. The van der Waals surface area contributed by atoms with Crippen LogP contribution in [0.2, 0.25) is 0 Å². The van der Waals surface area contributed by atoms with Crippen molar-refractivity contribution in [2.24, 2.45) is 5.92 Å². The van der Waals surface area contributed by atoms with Gasteiger partial charge in [-0.25, -0.2) is 4.39 Å². The Labute approximate surface area is 126 Å². The van der Waals surface area contributed by atoms with Gasteiger partial charge in [-0.2, -0.15) is 0 Å². The quantitative estimate of drug-likeness (QED) is 0.457. The first-order chi connectivity index (χ1) is 10.4. The number of hydrogen-bond acceptors (Lipinski definition) is 4. The second-order valence-corrected chi connectivity index (χ2v) is 5.21. The summed E-state index contributed by atoms with van der Waals surface area (Å²) >= 11 is 0. The highest BCUT2D eigenvalue weighted by Crippen LogP contribution is 2.32. The van der Waals surface area contributed by atoms with E-state index >= 15 is 0 Å². The minimum absolute atomic E-state index is 0.163. The largest absolute Gasteiger partial charge is 0.354 e. The van der Waals surface area contributed by atoms with Crippen molar-refractivity contribution >= 4 is 11.8 Å². The van der Waals surface area contributed by atoms with Crippen molar-refractivity contribution in [3.63, 3.8) is 0 Å². The van der Waals surface area contributed by atoms with Gasteiger partial charge in [-0.3, -0.25) is 19.7 Å². The highest BCUT2D eigenvalue weighted by atomic mass is 19.1. The molecule has 2 atom stereocenters. The normalized spacial score (nSPS) is 19.4. The molecule has 0 spiro atoms. The van der Waals surface area contributed by atoms with Gasteiger partial charge in [-0.15, -0.1) is 0 Å². The monoisotopic (exact) mass is 309 g/mol. The van der Waals surface area contributed by atoms with E-state index in [1.54, 1.807) is 6.92 Å². The molecular formula is C14H16FN3O4. The third-order valence-electron chi connectivity index (χ3n) is 3.51. The molecule has 1 aliphatic carbocycles. The minimum Gasteiger partial charge on any atom is -0.354 e. The van der Waals surface area contributed by atoms with E-state index in [2.05, 4.69) is 10.6 Å². The minimum atomic E-state index is -0.787. The van der Waals surface area contributed by atoms with E-state index in [4.69, 9.17) is 0 Å². The third kappa shape index (κ3) is 3.78. The van der Waals surface area contributed by atoms with Crippen LogP contribution in [0.25, 0.3) is 0 Å². The first kappa shape index (κ1) is 15.9. The smallest absolute Gasteiger partial charge is 0.251 e. The molecule has 7 nitrogen and oxygen atoms in total. The number of carbonyl (C=O) groups is 2. The molecule has 1 fully saturated rings. The Bertz CT molecular complexity index is 620. The van der Waals surface area contributed by atoms with Crippen molar-refractivity contribution < 1.29 is 18.9 Å². The Kier molecular flexibility index (Phi) is 4.69. The van der Waals surface area contributed by atoms with E-state index in [1.165, 1.54) is 12.1 Å². The highest BCUT2D eigenvalue weighted by Gasteiger charge is 2.53. The van der Waals surface area contributed by atoms with Gasteiger partial charge in [0, 0.05) is 30.0 Å². The summed E-state index contributed by atoms with van der Waals surface area (Å²) in [4.78, 5) is 33.3. The maximum absolute atomic E-state index is 13.3. The van der Waals surface area contributed by atoms with Crippen LogP contribution >= 0.6 is 0 Å². The molecule has 1 aromatic rings. The van der Waals surface area contributed by atoms with Crippen LogP contribution in [0.5, 0.6) is 0 Å². The predicted molar refractivity (Wildman–Crippen MR) is 75.4 cm³/mol. The van der Waals surface area contributed by atoms with Crippen LogP contribution in [0.4, 0.5) is 4.39 Å². The Balaban J connectivity index is 1.70. The van der Waals surface area contributed by atoms with Crippen LogP contribution in [0, 0.1) is 28.8 Å². The number of nitrogens with one attached hydrogen (secondary N) is 2. The van der Waals surface area contributed by atoms with Gasteiger partial charge in [0.05, 0.1) is 0 Å². The van der Waals surface area contributed by atoms with Crippen molar-refractivity contribution in [3.8, 4) is 0 Å². The molecule has 0 aromatic heterocycles. The van der Waals surface area contributed by atoms with Crippen molar-refractivity contribution in [1.29, 1.82) is 0 Å². The fourth-order valence-corrected chi connectivity index (χ4v) is 2.03. The third-order valence-corrected chi connectivity index (χ3v) is 3.51. The lowest BCUT2D eigenvalue weighted by Crippen LogP contribution is -2.36. The molecule has 118 valence electrons. The zero-order chi connectivity index (χ0) is 16.3. The second kappa shape index (κ2) is 6.50. The summed E-state index contributed by atoms with van der Waals surface area (Å²) in [5.74, 6) is -1.85. The Morgan fingerprint density at radius 1 is 1.36 bits per heavy atom. The Hall–Kier alpha value is -2.51. The summed E-state index contributed by atoms with van der Waals surface area (Å²) in [5.41, 5.74) is 0.652. The number of hydrogen-bond donors (Lipinski definition) is 2. The molecule has 22 heavy (non-hydrogen) atoms. The van der Waals surface area contributed by atoms with Crippen LogP contribution in [0.15, 0.2) is 18.2 Å². The summed E-state index contributed by atoms with van der Waals surface area (Å²) in [6.45, 7) is 1.93. The van der Waals surface area contributed by atoms with Crippen LogP contribution in [0.1, 0.15) is 22.3 Å². The SMILES string of the molecule is Cc1ccc(C(=O)NCCNC(=O)C2CC2[N+](=O)[O-])cc1F. The summed E-state index contributed by atoms with van der Waals surface area (Å²) in [5, 5.41) is 15.5. The molecule has 0 bridgehead atoms. The van der Waals surface area contributed by atoms with Gasteiger partial charge < -0.3 is 10.6 Å². The van der Waals surface area contributed by atoms with Crippen molar-refractivity contribution in [3.05, 3.63) is 45.3 Å². The molecule has 1 aromatic carbocycles. The number of aryl methyl sites for hydroxylation is 1. The van der Waals surface area contributed by atoms with Gasteiger partial charge in [-0.1, -0.05) is 6.07 Å². The average molecular weight is 309 g/mol. The fraction of sp³-hybridized carbons (Fsp3) is 0.429. The first-order valence-electron chi connectivity index (χ1n) is 6.85.